The number of nitrogens with zero attached hydrogens (tertiary/aromatic N) is 2. The summed E-state index contributed by atoms with van der Waals surface area (Å²) >= 11 is 0. The predicted molar refractivity (Wildman–Crippen MR) is 65.5 cm³/mol. The lowest BCUT2D eigenvalue weighted by Crippen LogP contribution is -2.38. The third kappa shape index (κ3) is 1.39. The smallest absolute Gasteiger partial charge is 0.211 e. The highest BCUT2D eigenvalue weighted by Gasteiger charge is 2.64. The summed E-state index contributed by atoms with van der Waals surface area (Å²) in [6.07, 6.45) is 8.77. The molecule has 4 nitrogen and oxygen atoms in total. The number of hydrogen-bond donors (Lipinski definition) is 0. The fourth-order valence-corrected chi connectivity index (χ4v) is 5.25. The van der Waals surface area contributed by atoms with E-state index in [0.29, 0.717) is 17.8 Å². The second kappa shape index (κ2) is 4.15. The molecule has 2 bridgehead atoms. The Balaban J connectivity index is 1.91. The summed E-state index contributed by atoms with van der Waals surface area (Å²) in [7, 11) is 0. The van der Waals surface area contributed by atoms with E-state index in [1.54, 1.807) is 12.2 Å². The van der Waals surface area contributed by atoms with Crippen molar-refractivity contribution in [3.63, 3.8) is 0 Å². The Morgan fingerprint density at radius 3 is 2.61 bits per heavy atom. The van der Waals surface area contributed by atoms with Crippen LogP contribution in [0.25, 0.3) is 0 Å². The van der Waals surface area contributed by atoms with E-state index in [1.807, 2.05) is 0 Å². The molecule has 6 atom stereocenters. The van der Waals surface area contributed by atoms with Crippen molar-refractivity contribution in [2.24, 2.45) is 33.2 Å². The quantitative estimate of drug-likeness (QED) is 0.566. The largest absolute Gasteiger partial charge is 0.235 e. The van der Waals surface area contributed by atoms with Crippen LogP contribution in [0.5, 0.6) is 0 Å². The Morgan fingerprint density at radius 1 is 1.17 bits per heavy atom. The van der Waals surface area contributed by atoms with Crippen LogP contribution in [0.3, 0.4) is 0 Å². The molecule has 18 heavy (non-hydrogen) atoms. The average Bonchev–Trinajstić information content (AvgIpc) is 2.98. The predicted octanol–water partition coefficient (Wildman–Crippen LogP) is 2.24. The summed E-state index contributed by atoms with van der Waals surface area (Å²) in [4.78, 5) is 29.0. The van der Waals surface area contributed by atoms with E-state index in [4.69, 9.17) is 0 Å². The molecule has 0 spiro atoms. The molecule has 0 aromatic rings. The van der Waals surface area contributed by atoms with Gasteiger partial charge in [-0.05, 0) is 55.3 Å². The lowest BCUT2D eigenvalue weighted by atomic mass is 9.67. The third-order valence-electron chi connectivity index (χ3n) is 5.86. The van der Waals surface area contributed by atoms with Crippen LogP contribution in [0.15, 0.2) is 9.98 Å². The molecule has 0 saturated heterocycles. The van der Waals surface area contributed by atoms with Crippen molar-refractivity contribution in [3.05, 3.63) is 0 Å². The van der Waals surface area contributed by atoms with Gasteiger partial charge in [0.15, 0.2) is 0 Å². The Labute approximate surface area is 107 Å². The van der Waals surface area contributed by atoms with Gasteiger partial charge in [0, 0.05) is 0 Å². The van der Waals surface area contributed by atoms with E-state index < -0.39 is 0 Å². The zero-order valence-corrected chi connectivity index (χ0v) is 10.6. The minimum absolute atomic E-state index is 0.158. The maximum Gasteiger partial charge on any atom is 0.235 e. The number of aliphatic imine (C=N–C) groups is 2. The highest BCUT2D eigenvalue weighted by atomic mass is 16.1. The van der Waals surface area contributed by atoms with Crippen LogP contribution >= 0.6 is 0 Å². The molecule has 0 aliphatic heterocycles. The number of fused-ring (bicyclic) bond motifs is 5. The lowest BCUT2D eigenvalue weighted by Gasteiger charge is -2.39. The summed E-state index contributed by atoms with van der Waals surface area (Å²) in [5.41, 5.74) is 0.180. The number of rotatable bonds is 3. The van der Waals surface area contributed by atoms with Crippen LogP contribution < -0.4 is 0 Å². The summed E-state index contributed by atoms with van der Waals surface area (Å²) in [5.74, 6) is 1.94. The third-order valence-corrected chi connectivity index (χ3v) is 5.86. The van der Waals surface area contributed by atoms with E-state index in [1.165, 1.54) is 6.42 Å². The average molecular weight is 246 g/mol. The van der Waals surface area contributed by atoms with Gasteiger partial charge in [-0.1, -0.05) is 6.92 Å². The highest BCUT2D eigenvalue weighted by molar-refractivity contribution is 5.36. The molecule has 0 aromatic heterocycles. The monoisotopic (exact) mass is 246 g/mol. The number of carbonyl (C=O) groups excluding carboxylic acids is 2. The van der Waals surface area contributed by atoms with Gasteiger partial charge in [-0.25, -0.2) is 19.6 Å². The normalized spacial score (nSPS) is 48.4. The molecule has 3 rings (SSSR count). The van der Waals surface area contributed by atoms with Gasteiger partial charge >= 0.3 is 0 Å². The highest BCUT2D eigenvalue weighted by Crippen LogP contribution is 2.67. The molecular weight excluding hydrogens is 228 g/mol. The first-order chi connectivity index (χ1) is 8.75. The van der Waals surface area contributed by atoms with Gasteiger partial charge in [0.05, 0.1) is 12.1 Å². The van der Waals surface area contributed by atoms with Crippen LogP contribution in [0, 0.1) is 23.2 Å². The minimum Gasteiger partial charge on any atom is -0.211 e. The van der Waals surface area contributed by atoms with Crippen LogP contribution in [0.1, 0.15) is 39.0 Å². The van der Waals surface area contributed by atoms with Crippen molar-refractivity contribution < 1.29 is 9.59 Å². The first kappa shape index (κ1) is 11.8. The zero-order chi connectivity index (χ0) is 12.8. The van der Waals surface area contributed by atoms with Crippen LogP contribution in [0.4, 0.5) is 0 Å². The van der Waals surface area contributed by atoms with Gasteiger partial charge in [0.1, 0.15) is 0 Å². The zero-order valence-electron chi connectivity index (χ0n) is 10.6. The molecule has 3 saturated carbocycles. The van der Waals surface area contributed by atoms with E-state index in [-0.39, 0.29) is 17.5 Å². The summed E-state index contributed by atoms with van der Waals surface area (Å²) in [6.45, 7) is 2.20. The molecule has 0 heterocycles. The van der Waals surface area contributed by atoms with Crippen LogP contribution in [-0.2, 0) is 9.59 Å². The fourth-order valence-electron chi connectivity index (χ4n) is 5.25. The Bertz CT molecular complexity index is 451. The summed E-state index contributed by atoms with van der Waals surface area (Å²) in [6, 6.07) is 0.315. The van der Waals surface area contributed by atoms with Crippen molar-refractivity contribution in [2.75, 3.05) is 0 Å². The van der Waals surface area contributed by atoms with E-state index in [0.717, 1.165) is 25.7 Å². The van der Waals surface area contributed by atoms with E-state index >= 15 is 0 Å². The number of isocyanates is 2. The molecule has 0 N–H and O–H groups in total. The van der Waals surface area contributed by atoms with Gasteiger partial charge in [-0.3, -0.25) is 0 Å². The van der Waals surface area contributed by atoms with Gasteiger partial charge in [-0.2, -0.15) is 0 Å². The van der Waals surface area contributed by atoms with E-state index in [9.17, 15) is 9.59 Å². The molecular formula is C14H18N2O2. The first-order valence-electron chi connectivity index (χ1n) is 6.89. The molecule has 6 unspecified atom stereocenters. The van der Waals surface area contributed by atoms with Gasteiger partial charge < -0.3 is 0 Å². The van der Waals surface area contributed by atoms with Crippen LogP contribution in [-0.4, -0.2) is 24.2 Å². The molecule has 3 aliphatic carbocycles. The van der Waals surface area contributed by atoms with Gasteiger partial charge in [-0.15, -0.1) is 0 Å². The lowest BCUT2D eigenvalue weighted by molar-refractivity contribution is 0.121. The van der Waals surface area contributed by atoms with Gasteiger partial charge in [0.25, 0.3) is 0 Å². The molecule has 0 amide bonds. The van der Waals surface area contributed by atoms with Crippen molar-refractivity contribution in [2.45, 2.75) is 51.1 Å². The molecule has 0 radical (unpaired) electrons. The van der Waals surface area contributed by atoms with E-state index in [2.05, 4.69) is 16.9 Å². The Hall–Kier alpha value is -1.24. The van der Waals surface area contributed by atoms with Crippen molar-refractivity contribution in [1.82, 2.24) is 0 Å². The molecule has 3 fully saturated rings. The van der Waals surface area contributed by atoms with Crippen molar-refractivity contribution >= 4 is 12.2 Å². The van der Waals surface area contributed by atoms with Crippen molar-refractivity contribution in [3.8, 4) is 0 Å². The second-order valence-corrected chi connectivity index (χ2v) is 6.14. The molecule has 96 valence electrons. The SMILES string of the molecule is CCC12CC(CC1N=C=O)C1CC(N=C=O)CC12. The molecule has 3 aliphatic rings. The fraction of sp³-hybridized carbons (Fsp3) is 0.857. The van der Waals surface area contributed by atoms with Crippen LogP contribution in [0.2, 0.25) is 0 Å². The molecule has 0 aromatic carbocycles. The second-order valence-electron chi connectivity index (χ2n) is 6.14. The van der Waals surface area contributed by atoms with Crippen molar-refractivity contribution in [1.29, 1.82) is 0 Å². The Morgan fingerprint density at radius 2 is 1.94 bits per heavy atom. The maximum absolute atomic E-state index is 10.6. The minimum atomic E-state index is 0.158. The standard InChI is InChI=1S/C14H18N2O2/c1-2-14-6-9(3-13(14)16-8-18)11-4-10(15-7-17)5-12(11)14/h9-13H,2-6H2,1H3. The first-order valence-corrected chi connectivity index (χ1v) is 6.89. The summed E-state index contributed by atoms with van der Waals surface area (Å²) in [5, 5.41) is 0. The van der Waals surface area contributed by atoms with Gasteiger partial charge in [0.2, 0.25) is 12.2 Å². The number of hydrogen-bond acceptors (Lipinski definition) is 4. The maximum atomic E-state index is 10.6. The Kier molecular flexibility index (Phi) is 2.73. The summed E-state index contributed by atoms with van der Waals surface area (Å²) < 4.78 is 0. The molecule has 4 heteroatoms. The topological polar surface area (TPSA) is 58.9 Å².